The quantitative estimate of drug-likeness (QED) is 0.251. The summed E-state index contributed by atoms with van der Waals surface area (Å²) in [6.07, 6.45) is 0. The maximum Gasteiger partial charge on any atom is 0.358 e. The maximum absolute atomic E-state index is 12.4. The van der Waals surface area contributed by atoms with Gasteiger partial charge in [0.1, 0.15) is 5.82 Å². The van der Waals surface area contributed by atoms with Gasteiger partial charge in [0.2, 0.25) is 5.75 Å². The Balaban J connectivity index is 1.86. The van der Waals surface area contributed by atoms with Gasteiger partial charge in [0.05, 0.1) is 21.1 Å². The minimum absolute atomic E-state index is 0.0353. The summed E-state index contributed by atoms with van der Waals surface area (Å²) in [6.45, 7) is 0. The number of rotatable bonds is 6. The van der Waals surface area contributed by atoms with Gasteiger partial charge in [-0.25, -0.2) is 27.7 Å². The summed E-state index contributed by atoms with van der Waals surface area (Å²) >= 11 is 1.01. The van der Waals surface area contributed by atoms with Gasteiger partial charge < -0.3 is 20.5 Å². The van der Waals surface area contributed by atoms with Gasteiger partial charge in [0.15, 0.2) is 5.69 Å². The third-order valence-electron chi connectivity index (χ3n) is 3.83. The number of sulfonamides is 1. The van der Waals surface area contributed by atoms with Gasteiger partial charge in [-0.3, -0.25) is 14.9 Å². The Hall–Kier alpha value is -4.31. The van der Waals surface area contributed by atoms with Crippen LogP contribution in [0.3, 0.4) is 0 Å². The molecule has 166 valence electrons. The van der Waals surface area contributed by atoms with Crippen LogP contribution in [0.2, 0.25) is 0 Å². The lowest BCUT2D eigenvalue weighted by Gasteiger charge is -2.10. The molecule has 14 nitrogen and oxygen atoms in total. The smallest absolute Gasteiger partial charge is 0.358 e. The number of non-ortho nitro benzene ring substituents is 1. The number of H-pyrrole nitrogens is 1. The van der Waals surface area contributed by atoms with Crippen LogP contribution in [0.4, 0.5) is 16.2 Å². The third kappa shape index (κ3) is 4.55. The van der Waals surface area contributed by atoms with Crippen LogP contribution >= 0.6 is 11.3 Å². The normalized spacial score (nSPS) is 11.0. The molecule has 3 rings (SSSR count). The van der Waals surface area contributed by atoms with Crippen LogP contribution in [0.1, 0.15) is 10.5 Å². The molecule has 0 spiro atoms. The van der Waals surface area contributed by atoms with E-state index in [1.54, 1.807) is 4.72 Å². The predicted octanol–water partition coefficient (Wildman–Crippen LogP) is 1.32. The second-order valence-corrected chi connectivity index (χ2v) is 8.36. The molecular formula is C16H11N5O9S2. The summed E-state index contributed by atoms with van der Waals surface area (Å²) in [5.41, 5.74) is -2.55. The van der Waals surface area contributed by atoms with Crippen molar-refractivity contribution in [3.63, 3.8) is 0 Å². The highest BCUT2D eigenvalue weighted by Crippen LogP contribution is 2.30. The average Bonchev–Trinajstić information content (AvgIpc) is 3.17. The molecule has 3 aromatic rings. The summed E-state index contributed by atoms with van der Waals surface area (Å²) in [6, 6.07) is 2.79. The SMILES string of the molecule is O=C(Nc1cscc1-c1nc(C(=O)O)c(O)c(=O)[nH]1)NS(=O)(=O)c1cccc([N+](=O)[O-])c1. The number of nitrogens with one attached hydrogen (secondary N) is 3. The lowest BCUT2D eigenvalue weighted by Crippen LogP contribution is -2.34. The van der Waals surface area contributed by atoms with Crippen LogP contribution in [-0.4, -0.2) is 45.5 Å². The minimum Gasteiger partial charge on any atom is -0.501 e. The van der Waals surface area contributed by atoms with E-state index in [9.17, 15) is 38.0 Å². The number of urea groups is 1. The Labute approximate surface area is 181 Å². The first kappa shape index (κ1) is 22.4. The van der Waals surface area contributed by atoms with E-state index >= 15 is 0 Å². The lowest BCUT2D eigenvalue weighted by atomic mass is 10.2. The summed E-state index contributed by atoms with van der Waals surface area (Å²) in [4.78, 5) is 50.5. The number of nitrogens with zero attached hydrogens (tertiary/aromatic N) is 2. The average molecular weight is 481 g/mol. The number of carbonyl (C=O) groups excluding carboxylic acids is 1. The van der Waals surface area contributed by atoms with E-state index in [2.05, 4.69) is 15.3 Å². The molecule has 0 radical (unpaired) electrons. The Kier molecular flexibility index (Phi) is 5.90. The Morgan fingerprint density at radius 1 is 1.25 bits per heavy atom. The first-order chi connectivity index (χ1) is 15.0. The number of benzene rings is 1. The van der Waals surface area contributed by atoms with Crippen molar-refractivity contribution in [3.05, 3.63) is 61.2 Å². The highest BCUT2D eigenvalue weighted by Gasteiger charge is 2.23. The Morgan fingerprint density at radius 2 is 1.97 bits per heavy atom. The summed E-state index contributed by atoms with van der Waals surface area (Å²) in [7, 11) is -4.47. The number of aromatic carboxylic acids is 1. The molecule has 0 aliphatic heterocycles. The lowest BCUT2D eigenvalue weighted by molar-refractivity contribution is -0.385. The zero-order valence-corrected chi connectivity index (χ0v) is 17.1. The van der Waals surface area contributed by atoms with Crippen molar-refractivity contribution in [2.75, 3.05) is 5.32 Å². The molecule has 0 atom stereocenters. The van der Waals surface area contributed by atoms with E-state index < -0.39 is 54.5 Å². The number of nitro groups is 1. The van der Waals surface area contributed by atoms with Gasteiger partial charge in [0, 0.05) is 22.9 Å². The van der Waals surface area contributed by atoms with E-state index in [0.717, 1.165) is 35.6 Å². The first-order valence-electron chi connectivity index (χ1n) is 8.21. The molecule has 5 N–H and O–H groups in total. The largest absolute Gasteiger partial charge is 0.501 e. The number of carboxylic acids is 1. The number of aromatic amines is 1. The van der Waals surface area contributed by atoms with Gasteiger partial charge in [-0.05, 0) is 6.07 Å². The van der Waals surface area contributed by atoms with Crippen molar-refractivity contribution in [1.82, 2.24) is 14.7 Å². The van der Waals surface area contributed by atoms with Crippen LogP contribution in [0.15, 0.2) is 44.7 Å². The minimum atomic E-state index is -4.47. The van der Waals surface area contributed by atoms with Crippen molar-refractivity contribution in [2.45, 2.75) is 4.90 Å². The third-order valence-corrected chi connectivity index (χ3v) is 5.90. The number of aromatic hydroxyl groups is 1. The number of amides is 2. The number of anilines is 1. The second kappa shape index (κ2) is 8.44. The van der Waals surface area contributed by atoms with Crippen LogP contribution in [-0.2, 0) is 10.0 Å². The van der Waals surface area contributed by atoms with E-state index in [-0.39, 0.29) is 17.1 Å². The van der Waals surface area contributed by atoms with Crippen molar-refractivity contribution >= 4 is 44.7 Å². The summed E-state index contributed by atoms with van der Waals surface area (Å²) < 4.78 is 26.4. The fourth-order valence-corrected chi connectivity index (χ4v) is 4.13. The van der Waals surface area contributed by atoms with Crippen LogP contribution < -0.4 is 15.6 Å². The van der Waals surface area contributed by atoms with Crippen LogP contribution in [0, 0.1) is 10.1 Å². The van der Waals surface area contributed by atoms with Crippen LogP contribution in [0.25, 0.3) is 11.4 Å². The number of carbonyl (C=O) groups is 2. The zero-order valence-electron chi connectivity index (χ0n) is 15.4. The van der Waals surface area contributed by atoms with E-state index in [1.807, 2.05) is 0 Å². The van der Waals surface area contributed by atoms with E-state index in [4.69, 9.17) is 5.11 Å². The molecule has 2 heterocycles. The summed E-state index contributed by atoms with van der Waals surface area (Å²) in [5.74, 6) is -3.07. The molecule has 0 saturated heterocycles. The molecule has 0 fully saturated rings. The number of thiophene rings is 1. The molecule has 0 aliphatic rings. The second-order valence-electron chi connectivity index (χ2n) is 5.93. The van der Waals surface area contributed by atoms with Crippen LogP contribution in [0.5, 0.6) is 5.75 Å². The van der Waals surface area contributed by atoms with E-state index in [1.165, 1.54) is 10.8 Å². The fraction of sp³-hybridized carbons (Fsp3) is 0. The standard InChI is InChI=1S/C16H11N5O9S2/c22-12-11(15(24)25)18-13(19-14(12)23)9-5-31-6-10(9)17-16(26)20-32(29,30)8-3-1-2-7(4-8)21(27)28/h1-6,22H,(H,24,25)(H2,17,20,26)(H,18,19,23). The molecule has 32 heavy (non-hydrogen) atoms. The monoisotopic (exact) mass is 481 g/mol. The number of hydrogen-bond acceptors (Lipinski definition) is 10. The maximum atomic E-state index is 12.4. The molecular weight excluding hydrogens is 470 g/mol. The van der Waals surface area contributed by atoms with Crippen molar-refractivity contribution in [3.8, 4) is 17.1 Å². The molecule has 2 aromatic heterocycles. The molecule has 16 heteroatoms. The fourth-order valence-electron chi connectivity index (χ4n) is 2.41. The van der Waals surface area contributed by atoms with Gasteiger partial charge in [-0.2, -0.15) is 0 Å². The number of carboxylic acid groups (broad SMARTS) is 1. The summed E-state index contributed by atoms with van der Waals surface area (Å²) in [5, 5.41) is 34.3. The molecule has 1 aromatic carbocycles. The number of nitro benzene ring substituents is 1. The predicted molar refractivity (Wildman–Crippen MR) is 109 cm³/mol. The Morgan fingerprint density at radius 3 is 2.62 bits per heavy atom. The topological polar surface area (TPSA) is 222 Å². The number of aromatic nitrogens is 2. The van der Waals surface area contributed by atoms with E-state index in [0.29, 0.717) is 0 Å². The Bertz CT molecular complexity index is 1410. The van der Waals surface area contributed by atoms with Gasteiger partial charge in [-0.15, -0.1) is 11.3 Å². The zero-order chi connectivity index (χ0) is 23.6. The van der Waals surface area contributed by atoms with Crippen molar-refractivity contribution in [1.29, 1.82) is 0 Å². The van der Waals surface area contributed by atoms with Gasteiger partial charge in [0.25, 0.3) is 21.3 Å². The molecule has 0 bridgehead atoms. The van der Waals surface area contributed by atoms with Gasteiger partial charge in [-0.1, -0.05) is 6.07 Å². The van der Waals surface area contributed by atoms with Gasteiger partial charge >= 0.3 is 12.0 Å². The molecule has 0 unspecified atom stereocenters. The number of hydrogen-bond donors (Lipinski definition) is 5. The first-order valence-corrected chi connectivity index (χ1v) is 10.6. The molecule has 2 amide bonds. The van der Waals surface area contributed by atoms with Crippen molar-refractivity contribution in [2.24, 2.45) is 0 Å². The van der Waals surface area contributed by atoms with Crippen molar-refractivity contribution < 1.29 is 33.1 Å². The molecule has 0 aliphatic carbocycles. The highest BCUT2D eigenvalue weighted by molar-refractivity contribution is 7.90. The molecule has 0 saturated carbocycles. The highest BCUT2D eigenvalue weighted by atomic mass is 32.2.